The van der Waals surface area contributed by atoms with Crippen LogP contribution in [-0.2, 0) is 6.61 Å². The summed E-state index contributed by atoms with van der Waals surface area (Å²) in [5, 5.41) is 11.4. The molecule has 2 N–H and O–H groups in total. The third-order valence-electron chi connectivity index (χ3n) is 3.07. The van der Waals surface area contributed by atoms with E-state index in [1.165, 1.54) is 11.3 Å². The van der Waals surface area contributed by atoms with Crippen molar-refractivity contribution in [2.24, 2.45) is 0 Å². The van der Waals surface area contributed by atoms with Gasteiger partial charge >= 0.3 is 0 Å². The number of nitrogens with one attached hydrogen (secondary N) is 1. The second-order valence-corrected chi connectivity index (χ2v) is 6.00. The number of carbonyl (C=O) groups excluding carboxylic acids is 1. The highest BCUT2D eigenvalue weighted by molar-refractivity contribution is 7.14. The molecular weight excluding hydrogens is 286 g/mol. The van der Waals surface area contributed by atoms with Gasteiger partial charge < -0.3 is 15.2 Å². The van der Waals surface area contributed by atoms with Crippen molar-refractivity contribution in [2.45, 2.75) is 20.5 Å². The summed E-state index contributed by atoms with van der Waals surface area (Å²) >= 11 is 1.39. The smallest absolute Gasteiger partial charge is 0.265 e. The Hall–Kier alpha value is -1.85. The van der Waals surface area contributed by atoms with Gasteiger partial charge in [0.15, 0.2) is 0 Å². The largest absolute Gasteiger partial charge is 0.487 e. The summed E-state index contributed by atoms with van der Waals surface area (Å²) in [6.45, 7) is 4.58. The summed E-state index contributed by atoms with van der Waals surface area (Å²) in [5.41, 5.74) is 2.26. The summed E-state index contributed by atoms with van der Waals surface area (Å²) in [6, 6.07) is 9.88. The molecule has 0 unspecified atom stereocenters. The fourth-order valence-electron chi connectivity index (χ4n) is 1.93. The highest BCUT2D eigenvalue weighted by Crippen LogP contribution is 2.29. The number of ether oxygens (including phenoxy) is 1. The van der Waals surface area contributed by atoms with Crippen LogP contribution in [0.2, 0.25) is 0 Å². The summed E-state index contributed by atoms with van der Waals surface area (Å²) in [5.74, 6) is 0.387. The average molecular weight is 305 g/mol. The van der Waals surface area contributed by atoms with E-state index in [2.05, 4.69) is 5.32 Å². The van der Waals surface area contributed by atoms with Crippen LogP contribution in [-0.4, -0.2) is 24.2 Å². The molecule has 21 heavy (non-hydrogen) atoms. The van der Waals surface area contributed by atoms with E-state index in [-0.39, 0.29) is 19.1 Å². The molecule has 5 heteroatoms. The first-order valence-electron chi connectivity index (χ1n) is 6.78. The molecule has 1 heterocycles. The number of carbonyl (C=O) groups is 1. The lowest BCUT2D eigenvalue weighted by Gasteiger charge is -2.09. The molecular formula is C16H19NO3S. The van der Waals surface area contributed by atoms with E-state index in [0.717, 1.165) is 16.0 Å². The molecule has 0 atom stereocenters. The van der Waals surface area contributed by atoms with Crippen molar-refractivity contribution in [3.05, 3.63) is 51.2 Å². The molecule has 2 rings (SSSR count). The van der Waals surface area contributed by atoms with Gasteiger partial charge in [0.2, 0.25) is 0 Å². The van der Waals surface area contributed by atoms with Gasteiger partial charge in [-0.05, 0) is 31.0 Å². The normalized spacial score (nSPS) is 10.4. The molecule has 0 spiro atoms. The fraction of sp³-hybridized carbons (Fsp3) is 0.312. The van der Waals surface area contributed by atoms with E-state index < -0.39 is 0 Å². The second kappa shape index (κ2) is 7.24. The monoisotopic (exact) mass is 305 g/mol. The summed E-state index contributed by atoms with van der Waals surface area (Å²) in [6.07, 6.45) is 0. The van der Waals surface area contributed by atoms with Crippen LogP contribution >= 0.6 is 11.3 Å². The molecule has 0 aliphatic carbocycles. The third-order valence-corrected chi connectivity index (χ3v) is 4.10. The van der Waals surface area contributed by atoms with Crippen molar-refractivity contribution in [2.75, 3.05) is 13.2 Å². The van der Waals surface area contributed by atoms with Crippen molar-refractivity contribution in [3.63, 3.8) is 0 Å². The number of aliphatic hydroxyl groups is 1. The number of hydrogen-bond acceptors (Lipinski definition) is 4. The molecule has 2 aromatic rings. The molecule has 0 aliphatic heterocycles. The lowest BCUT2D eigenvalue weighted by atomic mass is 10.1. The predicted octanol–water partition coefficient (Wildman–Crippen LogP) is 2.67. The van der Waals surface area contributed by atoms with E-state index in [1.807, 2.05) is 44.2 Å². The van der Waals surface area contributed by atoms with Gasteiger partial charge in [-0.25, -0.2) is 0 Å². The van der Waals surface area contributed by atoms with Crippen LogP contribution < -0.4 is 10.1 Å². The Morgan fingerprint density at radius 2 is 2.10 bits per heavy atom. The van der Waals surface area contributed by atoms with Crippen LogP contribution in [0, 0.1) is 13.8 Å². The Labute approximate surface area is 128 Å². The Morgan fingerprint density at radius 1 is 1.33 bits per heavy atom. The topological polar surface area (TPSA) is 58.6 Å². The van der Waals surface area contributed by atoms with Crippen LogP contribution in [0.5, 0.6) is 5.75 Å². The molecule has 1 aromatic carbocycles. The Bertz CT molecular complexity index is 622. The van der Waals surface area contributed by atoms with Gasteiger partial charge in [-0.15, -0.1) is 11.3 Å². The quantitative estimate of drug-likeness (QED) is 0.862. The second-order valence-electron chi connectivity index (χ2n) is 4.75. The van der Waals surface area contributed by atoms with Gasteiger partial charge in [0.1, 0.15) is 17.2 Å². The van der Waals surface area contributed by atoms with Crippen molar-refractivity contribution in [1.29, 1.82) is 0 Å². The van der Waals surface area contributed by atoms with Gasteiger partial charge in [0.05, 0.1) is 6.61 Å². The molecule has 4 nitrogen and oxygen atoms in total. The molecule has 0 aliphatic rings. The van der Waals surface area contributed by atoms with E-state index in [0.29, 0.717) is 17.2 Å². The number of hydrogen-bond donors (Lipinski definition) is 2. The maximum absolute atomic E-state index is 12.0. The molecule has 112 valence electrons. The zero-order chi connectivity index (χ0) is 15.2. The van der Waals surface area contributed by atoms with Gasteiger partial charge in [-0.3, -0.25) is 4.79 Å². The van der Waals surface area contributed by atoms with E-state index in [1.54, 1.807) is 0 Å². The Kier molecular flexibility index (Phi) is 5.36. The first-order valence-corrected chi connectivity index (χ1v) is 7.60. The van der Waals surface area contributed by atoms with Crippen molar-refractivity contribution < 1.29 is 14.6 Å². The van der Waals surface area contributed by atoms with Gasteiger partial charge in [-0.1, -0.05) is 24.3 Å². The van der Waals surface area contributed by atoms with Crippen molar-refractivity contribution in [1.82, 2.24) is 5.32 Å². The zero-order valence-electron chi connectivity index (χ0n) is 12.2. The fourth-order valence-corrected chi connectivity index (χ4v) is 2.80. The van der Waals surface area contributed by atoms with Crippen LogP contribution in [0.1, 0.15) is 25.7 Å². The number of benzene rings is 1. The van der Waals surface area contributed by atoms with Crippen molar-refractivity contribution in [3.8, 4) is 5.75 Å². The molecule has 0 saturated heterocycles. The zero-order valence-corrected chi connectivity index (χ0v) is 13.0. The van der Waals surface area contributed by atoms with Gasteiger partial charge in [0.25, 0.3) is 5.91 Å². The lowest BCUT2D eigenvalue weighted by molar-refractivity contribution is 0.0945. The Morgan fingerprint density at radius 3 is 2.81 bits per heavy atom. The number of amides is 1. The first kappa shape index (κ1) is 15.5. The van der Waals surface area contributed by atoms with Crippen LogP contribution in [0.15, 0.2) is 30.3 Å². The summed E-state index contributed by atoms with van der Waals surface area (Å²) in [4.78, 5) is 13.6. The summed E-state index contributed by atoms with van der Waals surface area (Å²) < 4.78 is 5.81. The van der Waals surface area contributed by atoms with E-state index >= 15 is 0 Å². The van der Waals surface area contributed by atoms with Gasteiger partial charge in [0, 0.05) is 11.4 Å². The van der Waals surface area contributed by atoms with Crippen LogP contribution in [0.25, 0.3) is 0 Å². The maximum Gasteiger partial charge on any atom is 0.265 e. The predicted molar refractivity (Wildman–Crippen MR) is 84.0 cm³/mol. The molecule has 1 amide bonds. The number of aliphatic hydroxyl groups excluding tert-OH is 1. The highest BCUT2D eigenvalue weighted by atomic mass is 32.1. The molecule has 1 aromatic heterocycles. The number of aryl methyl sites for hydroxylation is 2. The minimum Gasteiger partial charge on any atom is -0.487 e. The average Bonchev–Trinajstić information content (AvgIpc) is 2.85. The van der Waals surface area contributed by atoms with E-state index in [9.17, 15) is 4.79 Å². The van der Waals surface area contributed by atoms with Gasteiger partial charge in [-0.2, -0.15) is 0 Å². The molecule has 0 radical (unpaired) electrons. The standard InChI is InChI=1S/C16H19NO3S/c1-11-5-3-4-6-13(11)10-20-14-9-12(2)21-15(14)16(19)17-7-8-18/h3-6,9,18H,7-8,10H2,1-2H3,(H,17,19). The van der Waals surface area contributed by atoms with Crippen LogP contribution in [0.3, 0.4) is 0 Å². The lowest BCUT2D eigenvalue weighted by Crippen LogP contribution is -2.25. The SMILES string of the molecule is Cc1cc(OCc2ccccc2C)c(C(=O)NCCO)s1. The minimum absolute atomic E-state index is 0.0739. The molecule has 0 fully saturated rings. The Balaban J connectivity index is 2.10. The highest BCUT2D eigenvalue weighted by Gasteiger charge is 2.16. The van der Waals surface area contributed by atoms with E-state index in [4.69, 9.17) is 9.84 Å². The number of rotatable bonds is 6. The molecule has 0 bridgehead atoms. The number of thiophene rings is 1. The summed E-state index contributed by atoms with van der Waals surface area (Å²) in [7, 11) is 0. The van der Waals surface area contributed by atoms with Crippen LogP contribution in [0.4, 0.5) is 0 Å². The first-order chi connectivity index (χ1) is 10.1. The third kappa shape index (κ3) is 4.06. The minimum atomic E-state index is -0.207. The van der Waals surface area contributed by atoms with Crippen molar-refractivity contribution >= 4 is 17.2 Å². The molecule has 0 saturated carbocycles. The maximum atomic E-state index is 12.0.